The largest absolute Gasteiger partial charge is 0.480 e. The van der Waals surface area contributed by atoms with E-state index in [1.807, 2.05) is 0 Å². The molecular weight excluding hydrogens is 508 g/mol. The maximum absolute atomic E-state index is 13.2. The number of hydrogen-bond acceptors (Lipinski definition) is 3. The van der Waals surface area contributed by atoms with Gasteiger partial charge in [-0.2, -0.15) is 13.2 Å². The van der Waals surface area contributed by atoms with Crippen molar-refractivity contribution in [2.45, 2.75) is 18.6 Å². The molecule has 0 bridgehead atoms. The maximum Gasteiger partial charge on any atom is 0.417 e. The molecule has 6 nitrogen and oxygen atoms in total. The summed E-state index contributed by atoms with van der Waals surface area (Å²) in [5.41, 5.74) is -0.934. The summed E-state index contributed by atoms with van der Waals surface area (Å²) in [4.78, 5) is 36.6. The number of aliphatic carboxylic acids is 1. The first-order valence-corrected chi connectivity index (χ1v) is 10.8. The Morgan fingerprint density at radius 1 is 0.857 bits per heavy atom. The lowest BCUT2D eigenvalue weighted by Crippen LogP contribution is -2.42. The van der Waals surface area contributed by atoms with Gasteiger partial charge in [0, 0.05) is 12.1 Å². The smallest absolute Gasteiger partial charge is 0.417 e. The number of rotatable bonds is 7. The van der Waals surface area contributed by atoms with E-state index in [1.54, 1.807) is 6.07 Å². The van der Waals surface area contributed by atoms with E-state index in [1.165, 1.54) is 42.5 Å². The Hall–Kier alpha value is -3.56. The summed E-state index contributed by atoms with van der Waals surface area (Å²) in [5.74, 6) is -3.13. The van der Waals surface area contributed by atoms with Gasteiger partial charge < -0.3 is 15.7 Å². The second-order valence-electron chi connectivity index (χ2n) is 7.36. The minimum absolute atomic E-state index is 0.0905. The lowest BCUT2D eigenvalue weighted by Gasteiger charge is -2.17. The minimum Gasteiger partial charge on any atom is -0.480 e. The van der Waals surface area contributed by atoms with Crippen LogP contribution in [0.2, 0.25) is 10.0 Å². The van der Waals surface area contributed by atoms with Crippen LogP contribution >= 0.6 is 23.2 Å². The molecule has 3 rings (SSSR count). The van der Waals surface area contributed by atoms with E-state index in [2.05, 4.69) is 10.6 Å². The van der Waals surface area contributed by atoms with Crippen molar-refractivity contribution in [2.75, 3.05) is 5.32 Å². The number of anilines is 1. The number of hydrogen-bond donors (Lipinski definition) is 3. The molecule has 0 aromatic heterocycles. The van der Waals surface area contributed by atoms with Crippen LogP contribution in [0.4, 0.5) is 18.9 Å². The molecule has 3 N–H and O–H groups in total. The fraction of sp³-hybridized carbons (Fsp3) is 0.125. The van der Waals surface area contributed by atoms with Gasteiger partial charge in [0.25, 0.3) is 11.8 Å². The van der Waals surface area contributed by atoms with Crippen molar-refractivity contribution in [2.24, 2.45) is 0 Å². The third kappa shape index (κ3) is 6.52. The lowest BCUT2D eigenvalue weighted by atomic mass is 10.0. The van der Waals surface area contributed by atoms with Gasteiger partial charge in [-0.25, -0.2) is 4.79 Å². The van der Waals surface area contributed by atoms with Crippen molar-refractivity contribution in [3.63, 3.8) is 0 Å². The van der Waals surface area contributed by atoms with Gasteiger partial charge in [-0.1, -0.05) is 53.5 Å². The molecule has 0 saturated carbocycles. The first kappa shape index (κ1) is 26.1. The number of benzene rings is 3. The summed E-state index contributed by atoms with van der Waals surface area (Å²) in [5, 5.41) is 14.6. The summed E-state index contributed by atoms with van der Waals surface area (Å²) in [6, 6.07) is 13.2. The summed E-state index contributed by atoms with van der Waals surface area (Å²) < 4.78 is 39.6. The Labute approximate surface area is 207 Å². The lowest BCUT2D eigenvalue weighted by molar-refractivity contribution is -0.139. The van der Waals surface area contributed by atoms with Crippen LogP contribution in [0.15, 0.2) is 66.7 Å². The number of amides is 2. The zero-order valence-electron chi connectivity index (χ0n) is 17.7. The Morgan fingerprint density at radius 3 is 2.03 bits per heavy atom. The van der Waals surface area contributed by atoms with Crippen LogP contribution in [0.5, 0.6) is 0 Å². The van der Waals surface area contributed by atoms with E-state index in [4.69, 9.17) is 23.2 Å². The SMILES string of the molecule is O=C(N[C@@H](Cc1ccc(NC(=O)c2c(Cl)cccc2Cl)cc1)C(=O)O)c1ccccc1C(F)(F)F. The normalized spacial score (nSPS) is 12.0. The van der Waals surface area contributed by atoms with Gasteiger partial charge in [0.05, 0.1) is 26.7 Å². The third-order valence-corrected chi connectivity index (χ3v) is 5.55. The van der Waals surface area contributed by atoms with Crippen molar-refractivity contribution < 1.29 is 32.7 Å². The zero-order chi connectivity index (χ0) is 25.8. The van der Waals surface area contributed by atoms with Crippen LogP contribution in [0.25, 0.3) is 0 Å². The monoisotopic (exact) mass is 524 g/mol. The molecule has 0 aliphatic heterocycles. The van der Waals surface area contributed by atoms with Crippen LogP contribution in [-0.4, -0.2) is 28.9 Å². The van der Waals surface area contributed by atoms with E-state index in [0.717, 1.165) is 18.2 Å². The van der Waals surface area contributed by atoms with Gasteiger partial charge in [0.15, 0.2) is 0 Å². The average Bonchev–Trinajstić information content (AvgIpc) is 2.79. The second-order valence-corrected chi connectivity index (χ2v) is 8.17. The van der Waals surface area contributed by atoms with Crippen molar-refractivity contribution in [3.8, 4) is 0 Å². The molecule has 3 aromatic rings. The highest BCUT2D eigenvalue weighted by atomic mass is 35.5. The first-order chi connectivity index (χ1) is 16.5. The highest BCUT2D eigenvalue weighted by Gasteiger charge is 2.35. The number of carboxylic acids is 1. The molecule has 2 amide bonds. The van der Waals surface area contributed by atoms with Crippen molar-refractivity contribution >= 4 is 46.7 Å². The maximum atomic E-state index is 13.2. The first-order valence-electron chi connectivity index (χ1n) is 10.0. The standard InChI is InChI=1S/C24H17Cl2F3N2O4/c25-17-6-3-7-18(26)20(17)22(33)30-14-10-8-13(9-11-14)12-19(23(34)35)31-21(32)15-4-1-2-5-16(15)24(27,28)29/h1-11,19H,12H2,(H,30,33)(H,31,32)(H,34,35)/t19-/m0/s1. The van der Waals surface area contributed by atoms with Gasteiger partial charge in [0.1, 0.15) is 6.04 Å². The van der Waals surface area contributed by atoms with Gasteiger partial charge in [-0.15, -0.1) is 0 Å². The third-order valence-electron chi connectivity index (χ3n) is 4.92. The number of alkyl halides is 3. The summed E-state index contributed by atoms with van der Waals surface area (Å²) in [7, 11) is 0. The number of carboxylic acid groups (broad SMARTS) is 1. The van der Waals surface area contributed by atoms with Gasteiger partial charge >= 0.3 is 12.1 Å². The zero-order valence-corrected chi connectivity index (χ0v) is 19.2. The Balaban J connectivity index is 1.71. The summed E-state index contributed by atoms with van der Waals surface area (Å²) in [6.45, 7) is 0. The number of nitrogens with one attached hydrogen (secondary N) is 2. The summed E-state index contributed by atoms with van der Waals surface area (Å²) in [6.07, 6.45) is -4.99. The summed E-state index contributed by atoms with van der Waals surface area (Å²) >= 11 is 12.1. The molecule has 0 unspecified atom stereocenters. The molecule has 35 heavy (non-hydrogen) atoms. The molecule has 1 atom stereocenters. The van der Waals surface area contributed by atoms with E-state index < -0.39 is 41.1 Å². The molecular formula is C24H17Cl2F3N2O4. The minimum atomic E-state index is -4.78. The Bertz CT molecular complexity index is 1240. The topological polar surface area (TPSA) is 95.5 Å². The number of carbonyl (C=O) groups excluding carboxylic acids is 2. The molecule has 11 heteroatoms. The molecule has 0 aliphatic carbocycles. The molecule has 182 valence electrons. The Kier molecular flexibility index (Phi) is 8.03. The second kappa shape index (κ2) is 10.8. The van der Waals surface area contributed by atoms with Crippen LogP contribution in [-0.2, 0) is 17.4 Å². The molecule has 0 saturated heterocycles. The molecule has 0 fully saturated rings. The van der Waals surface area contributed by atoms with Crippen molar-refractivity contribution in [1.29, 1.82) is 0 Å². The predicted molar refractivity (Wildman–Crippen MR) is 125 cm³/mol. The fourth-order valence-corrected chi connectivity index (χ4v) is 3.80. The molecule has 3 aromatic carbocycles. The van der Waals surface area contributed by atoms with Crippen LogP contribution in [0.1, 0.15) is 31.8 Å². The van der Waals surface area contributed by atoms with E-state index >= 15 is 0 Å². The quantitative estimate of drug-likeness (QED) is 0.370. The van der Waals surface area contributed by atoms with Gasteiger partial charge in [-0.05, 0) is 42.0 Å². The van der Waals surface area contributed by atoms with Gasteiger partial charge in [0.2, 0.25) is 0 Å². The van der Waals surface area contributed by atoms with Crippen molar-refractivity contribution in [3.05, 3.63) is 99.0 Å². The highest BCUT2D eigenvalue weighted by molar-refractivity contribution is 6.40. The average molecular weight is 525 g/mol. The van der Waals surface area contributed by atoms with Crippen molar-refractivity contribution in [1.82, 2.24) is 5.32 Å². The fourth-order valence-electron chi connectivity index (χ4n) is 3.23. The van der Waals surface area contributed by atoms with Crippen LogP contribution in [0.3, 0.4) is 0 Å². The molecule has 0 radical (unpaired) electrons. The van der Waals surface area contributed by atoms with Crippen LogP contribution in [0, 0.1) is 0 Å². The Morgan fingerprint density at radius 2 is 1.46 bits per heavy atom. The van der Waals surface area contributed by atoms with E-state index in [9.17, 15) is 32.7 Å². The van der Waals surface area contributed by atoms with E-state index in [-0.39, 0.29) is 22.0 Å². The van der Waals surface area contributed by atoms with Gasteiger partial charge in [-0.3, -0.25) is 9.59 Å². The highest BCUT2D eigenvalue weighted by Crippen LogP contribution is 2.32. The number of halogens is 5. The predicted octanol–water partition coefficient (Wildman–Crippen LogP) is 5.69. The number of carbonyl (C=O) groups is 3. The van der Waals surface area contributed by atoms with Crippen LogP contribution < -0.4 is 10.6 Å². The van der Waals surface area contributed by atoms with E-state index in [0.29, 0.717) is 11.3 Å². The molecule has 0 aliphatic rings. The molecule has 0 spiro atoms. The molecule has 0 heterocycles.